The summed E-state index contributed by atoms with van der Waals surface area (Å²) in [5, 5.41) is 3.65. The van der Waals surface area contributed by atoms with Crippen LogP contribution in [0.4, 0.5) is 0 Å². The number of hydrogen-bond donors (Lipinski definition) is 1. The molecule has 2 bridgehead atoms. The highest BCUT2D eigenvalue weighted by atomic mass is 16.3. The Kier molecular flexibility index (Phi) is 2.78. The van der Waals surface area contributed by atoms with E-state index >= 15 is 0 Å². The number of nitrogens with zero attached hydrogens (tertiary/aromatic N) is 2. The number of aldehydes is 1. The number of carbonyl (C=O) groups excluding carboxylic acids is 2. The van der Waals surface area contributed by atoms with Gasteiger partial charge in [-0.3, -0.25) is 14.5 Å². The fourth-order valence-electron chi connectivity index (χ4n) is 3.35. The molecule has 0 aromatic carbocycles. The Morgan fingerprint density at radius 3 is 3.14 bits per heavy atom. The Balaban J connectivity index is 1.57. The van der Waals surface area contributed by atoms with Gasteiger partial charge >= 0.3 is 0 Å². The van der Waals surface area contributed by atoms with Crippen LogP contribution in [0.5, 0.6) is 0 Å². The summed E-state index contributed by atoms with van der Waals surface area (Å²) >= 11 is 0. The predicted molar refractivity (Wildman–Crippen MR) is 74.9 cm³/mol. The molecule has 0 radical (unpaired) electrons. The zero-order valence-electron chi connectivity index (χ0n) is 11.4. The monoisotopic (exact) mass is 285 g/mol. The van der Waals surface area contributed by atoms with Gasteiger partial charge in [0.15, 0.2) is 11.9 Å². The predicted octanol–water partition coefficient (Wildman–Crippen LogP) is 1.42. The van der Waals surface area contributed by atoms with Crippen LogP contribution in [-0.4, -0.2) is 41.3 Å². The Morgan fingerprint density at radius 2 is 2.43 bits per heavy atom. The molecular formula is C15H15N3O3. The highest BCUT2D eigenvalue weighted by Gasteiger charge is 2.38. The maximum Gasteiger partial charge on any atom is 0.271 e. The van der Waals surface area contributed by atoms with Gasteiger partial charge in [-0.15, -0.1) is 0 Å². The van der Waals surface area contributed by atoms with Crippen molar-refractivity contribution in [3.63, 3.8) is 0 Å². The number of furan rings is 1. The second-order valence-electron chi connectivity index (χ2n) is 5.75. The van der Waals surface area contributed by atoms with E-state index in [1.165, 1.54) is 18.9 Å². The van der Waals surface area contributed by atoms with Gasteiger partial charge < -0.3 is 9.73 Å². The summed E-state index contributed by atoms with van der Waals surface area (Å²) in [5.74, 6) is 0.508. The van der Waals surface area contributed by atoms with Crippen molar-refractivity contribution in [1.82, 2.24) is 15.2 Å². The van der Waals surface area contributed by atoms with Crippen LogP contribution < -0.4 is 5.32 Å². The lowest BCUT2D eigenvalue weighted by Gasteiger charge is -2.25. The van der Waals surface area contributed by atoms with Crippen LogP contribution in [0, 0.1) is 5.92 Å². The van der Waals surface area contributed by atoms with Crippen molar-refractivity contribution in [2.24, 2.45) is 5.92 Å². The van der Waals surface area contributed by atoms with Gasteiger partial charge in [-0.05, 0) is 24.8 Å². The third kappa shape index (κ3) is 2.03. The number of amides is 1. The minimum atomic E-state index is -0.201. The van der Waals surface area contributed by atoms with Gasteiger partial charge in [0.2, 0.25) is 0 Å². The molecule has 2 aliphatic rings. The van der Waals surface area contributed by atoms with Crippen molar-refractivity contribution in [3.8, 4) is 0 Å². The number of aromatic nitrogens is 1. The molecule has 6 heteroatoms. The summed E-state index contributed by atoms with van der Waals surface area (Å²) in [6.07, 6.45) is 5.94. The van der Waals surface area contributed by atoms with E-state index in [0.717, 1.165) is 25.8 Å². The molecule has 1 N–H and O–H groups in total. The van der Waals surface area contributed by atoms with E-state index in [1.807, 2.05) is 0 Å². The number of hydrogen-bond acceptors (Lipinski definition) is 5. The fourth-order valence-corrected chi connectivity index (χ4v) is 3.35. The third-order valence-electron chi connectivity index (χ3n) is 4.46. The van der Waals surface area contributed by atoms with Crippen molar-refractivity contribution in [3.05, 3.63) is 29.8 Å². The molecule has 108 valence electrons. The number of pyridine rings is 1. The molecule has 4 rings (SSSR count). The van der Waals surface area contributed by atoms with E-state index in [2.05, 4.69) is 15.2 Å². The lowest BCUT2D eigenvalue weighted by Crippen LogP contribution is -2.45. The number of piperidine rings is 1. The van der Waals surface area contributed by atoms with Gasteiger partial charge in [0, 0.05) is 18.5 Å². The molecule has 2 saturated heterocycles. The molecule has 4 heterocycles. The summed E-state index contributed by atoms with van der Waals surface area (Å²) in [7, 11) is 0. The number of fused-ring (bicyclic) bond motifs is 3. The van der Waals surface area contributed by atoms with Crippen LogP contribution in [0.25, 0.3) is 11.0 Å². The van der Waals surface area contributed by atoms with Gasteiger partial charge in [0.05, 0.1) is 17.9 Å². The smallest absolute Gasteiger partial charge is 0.271 e. The summed E-state index contributed by atoms with van der Waals surface area (Å²) in [6.45, 7) is 2.13. The fraction of sp³-hybridized carbons (Fsp3) is 0.400. The topological polar surface area (TPSA) is 75.4 Å². The standard InChI is InChI=1S/C15H15N3O3/c19-7-10-8-21-13-5-16-12(4-11(10)13)15(20)17-14-3-9-1-2-18(14)6-9/h4-5,7-9,14H,1-3,6H2,(H,17,20). The van der Waals surface area contributed by atoms with Crippen molar-refractivity contribution < 1.29 is 14.0 Å². The summed E-state index contributed by atoms with van der Waals surface area (Å²) < 4.78 is 5.21. The van der Waals surface area contributed by atoms with Crippen LogP contribution in [0.15, 0.2) is 22.9 Å². The minimum Gasteiger partial charge on any atom is -0.462 e. The highest BCUT2D eigenvalue weighted by Crippen LogP contribution is 2.31. The molecule has 1 amide bonds. The van der Waals surface area contributed by atoms with E-state index in [4.69, 9.17) is 4.42 Å². The van der Waals surface area contributed by atoms with Gasteiger partial charge in [-0.25, -0.2) is 4.98 Å². The number of carbonyl (C=O) groups is 2. The Hall–Kier alpha value is -2.21. The van der Waals surface area contributed by atoms with Crippen LogP contribution in [-0.2, 0) is 0 Å². The average Bonchev–Trinajstić information content (AvgIpc) is 3.21. The lowest BCUT2D eigenvalue weighted by molar-refractivity contribution is 0.0877. The lowest BCUT2D eigenvalue weighted by atomic mass is 10.0. The summed E-state index contributed by atoms with van der Waals surface area (Å²) in [5.41, 5.74) is 1.26. The van der Waals surface area contributed by atoms with Crippen LogP contribution in [0.1, 0.15) is 33.7 Å². The van der Waals surface area contributed by atoms with E-state index in [-0.39, 0.29) is 12.1 Å². The first-order chi connectivity index (χ1) is 10.2. The first-order valence-electron chi connectivity index (χ1n) is 7.12. The zero-order chi connectivity index (χ0) is 14.4. The van der Waals surface area contributed by atoms with Crippen LogP contribution in [0.2, 0.25) is 0 Å². The maximum absolute atomic E-state index is 12.3. The second-order valence-corrected chi connectivity index (χ2v) is 5.75. The Bertz CT molecular complexity index is 724. The molecule has 6 nitrogen and oxygen atoms in total. The molecule has 2 fully saturated rings. The first kappa shape index (κ1) is 12.5. The normalized spacial score (nSPS) is 27.1. The molecule has 2 aromatic heterocycles. The molecule has 3 atom stereocenters. The second kappa shape index (κ2) is 4.66. The Labute approximate surface area is 121 Å². The largest absolute Gasteiger partial charge is 0.462 e. The summed E-state index contributed by atoms with van der Waals surface area (Å²) in [6, 6.07) is 1.61. The van der Waals surface area contributed by atoms with Gasteiger partial charge in [-0.2, -0.15) is 0 Å². The van der Waals surface area contributed by atoms with E-state index in [1.54, 1.807) is 6.07 Å². The molecule has 2 aromatic rings. The van der Waals surface area contributed by atoms with Crippen molar-refractivity contribution >= 4 is 23.2 Å². The molecular weight excluding hydrogens is 270 g/mol. The van der Waals surface area contributed by atoms with Crippen molar-refractivity contribution in [2.75, 3.05) is 13.1 Å². The molecule has 21 heavy (non-hydrogen) atoms. The van der Waals surface area contributed by atoms with E-state index < -0.39 is 0 Å². The quantitative estimate of drug-likeness (QED) is 0.863. The Morgan fingerprint density at radius 1 is 1.52 bits per heavy atom. The highest BCUT2D eigenvalue weighted by molar-refractivity contribution is 6.00. The van der Waals surface area contributed by atoms with Gasteiger partial charge in [0.25, 0.3) is 5.91 Å². The number of rotatable bonds is 3. The van der Waals surface area contributed by atoms with Gasteiger partial charge in [-0.1, -0.05) is 0 Å². The molecule has 0 spiro atoms. The minimum absolute atomic E-state index is 0.114. The van der Waals surface area contributed by atoms with Crippen molar-refractivity contribution in [2.45, 2.75) is 19.0 Å². The first-order valence-corrected chi connectivity index (χ1v) is 7.12. The average molecular weight is 285 g/mol. The van der Waals surface area contributed by atoms with Crippen LogP contribution >= 0.6 is 0 Å². The molecule has 3 unspecified atom stereocenters. The van der Waals surface area contributed by atoms with E-state index in [9.17, 15) is 9.59 Å². The number of nitrogens with one attached hydrogen (secondary N) is 1. The van der Waals surface area contributed by atoms with Crippen LogP contribution in [0.3, 0.4) is 0 Å². The molecule has 0 aliphatic carbocycles. The van der Waals surface area contributed by atoms with Gasteiger partial charge in [0.1, 0.15) is 12.0 Å². The summed E-state index contributed by atoms with van der Waals surface area (Å²) in [4.78, 5) is 29.7. The van der Waals surface area contributed by atoms with Crippen molar-refractivity contribution in [1.29, 1.82) is 0 Å². The molecule has 2 aliphatic heterocycles. The molecule has 0 saturated carbocycles. The third-order valence-corrected chi connectivity index (χ3v) is 4.46. The SMILES string of the molecule is O=Cc1coc2cnc(C(=O)NC3CC4CCN3C4)cc12. The van der Waals surface area contributed by atoms with E-state index in [0.29, 0.717) is 28.1 Å². The maximum atomic E-state index is 12.3. The zero-order valence-corrected chi connectivity index (χ0v) is 11.4.